The summed E-state index contributed by atoms with van der Waals surface area (Å²) in [6, 6.07) is 17.7. The Balaban J connectivity index is 2.10. The second-order valence-electron chi connectivity index (χ2n) is 8.63. The fourth-order valence-corrected chi connectivity index (χ4v) is 5.32. The van der Waals surface area contributed by atoms with Crippen LogP contribution in [0.4, 0.5) is 10.1 Å². The number of anilines is 1. The van der Waals surface area contributed by atoms with Crippen LogP contribution in [-0.2, 0) is 26.2 Å². The molecule has 3 rings (SSSR count). The van der Waals surface area contributed by atoms with Gasteiger partial charge in [-0.15, -0.1) is 0 Å². The van der Waals surface area contributed by atoms with Crippen molar-refractivity contribution in [1.82, 2.24) is 10.2 Å². The minimum Gasteiger partial charge on any atom is -0.492 e. The minimum atomic E-state index is -4.24. The molecule has 1 N–H and O–H groups in total. The molecule has 0 unspecified atom stereocenters. The number of sulfonamides is 1. The van der Waals surface area contributed by atoms with Gasteiger partial charge in [-0.05, 0) is 51.1 Å². The number of hydrogen-bond donors (Lipinski definition) is 1. The van der Waals surface area contributed by atoms with E-state index < -0.39 is 40.2 Å². The number of hydrogen-bond acceptors (Lipinski definition) is 5. The van der Waals surface area contributed by atoms with E-state index in [9.17, 15) is 22.4 Å². The lowest BCUT2D eigenvalue weighted by atomic mass is 10.1. The van der Waals surface area contributed by atoms with Gasteiger partial charge in [0.2, 0.25) is 11.8 Å². The number of nitrogens with one attached hydrogen (secondary N) is 1. The zero-order chi connectivity index (χ0) is 27.9. The summed E-state index contributed by atoms with van der Waals surface area (Å²) in [5.74, 6) is -1.43. The SMILES string of the molecule is CCOc1ccccc1N(CC(=O)N(Cc1ccccc1F)[C@@H](C)C(=O)NC)S(=O)(=O)c1ccc(C)cc1. The number of halogens is 1. The fraction of sp³-hybridized carbons (Fsp3) is 0.286. The standard InChI is InChI=1S/C28H32FN3O5S/c1-5-37-26-13-9-8-12-25(26)32(38(35,36)23-16-14-20(2)15-17-23)19-27(33)31(21(3)28(34)30-4)18-22-10-6-7-11-24(22)29/h6-17,21H,5,18-19H2,1-4H3,(H,30,34)/t21-/m0/s1. The van der Waals surface area contributed by atoms with Gasteiger partial charge in [-0.2, -0.15) is 0 Å². The third-order valence-corrected chi connectivity index (χ3v) is 7.81. The highest BCUT2D eigenvalue weighted by molar-refractivity contribution is 7.92. The Bertz CT molecular complexity index is 1380. The summed E-state index contributed by atoms with van der Waals surface area (Å²) < 4.78 is 48.9. The summed E-state index contributed by atoms with van der Waals surface area (Å²) in [4.78, 5) is 27.5. The van der Waals surface area contributed by atoms with Gasteiger partial charge in [0, 0.05) is 19.2 Å². The smallest absolute Gasteiger partial charge is 0.264 e. The zero-order valence-corrected chi connectivity index (χ0v) is 22.7. The topological polar surface area (TPSA) is 96.0 Å². The molecule has 0 aliphatic carbocycles. The molecule has 0 saturated carbocycles. The second-order valence-corrected chi connectivity index (χ2v) is 10.5. The maximum atomic E-state index is 14.5. The van der Waals surface area contributed by atoms with Gasteiger partial charge in [-0.25, -0.2) is 12.8 Å². The number of aryl methyl sites for hydroxylation is 1. The van der Waals surface area contributed by atoms with Crippen molar-refractivity contribution in [2.75, 3.05) is 24.5 Å². The predicted molar refractivity (Wildman–Crippen MR) is 144 cm³/mol. The number of carbonyl (C=O) groups excluding carboxylic acids is 2. The molecular formula is C28H32FN3O5S. The quantitative estimate of drug-likeness (QED) is 0.397. The molecule has 0 bridgehead atoms. The van der Waals surface area contributed by atoms with E-state index in [0.29, 0.717) is 0 Å². The summed E-state index contributed by atoms with van der Waals surface area (Å²) >= 11 is 0. The largest absolute Gasteiger partial charge is 0.492 e. The average molecular weight is 542 g/mol. The fourth-order valence-electron chi connectivity index (χ4n) is 3.89. The predicted octanol–water partition coefficient (Wildman–Crippen LogP) is 3.89. The number of benzene rings is 3. The molecule has 0 aromatic heterocycles. The average Bonchev–Trinajstić information content (AvgIpc) is 2.91. The minimum absolute atomic E-state index is 0.0118. The number of nitrogens with zero attached hydrogens (tertiary/aromatic N) is 2. The van der Waals surface area contributed by atoms with E-state index in [0.717, 1.165) is 14.8 Å². The first-order valence-corrected chi connectivity index (χ1v) is 13.6. The van der Waals surface area contributed by atoms with Crippen LogP contribution in [-0.4, -0.2) is 51.4 Å². The Morgan fingerprint density at radius 2 is 1.63 bits per heavy atom. The Hall–Kier alpha value is -3.92. The van der Waals surface area contributed by atoms with Crippen LogP contribution in [0.25, 0.3) is 0 Å². The monoisotopic (exact) mass is 541 g/mol. The van der Waals surface area contributed by atoms with Crippen LogP contribution in [0.1, 0.15) is 25.0 Å². The van der Waals surface area contributed by atoms with Crippen molar-refractivity contribution < 1.29 is 27.1 Å². The van der Waals surface area contributed by atoms with E-state index in [1.165, 1.54) is 44.3 Å². The van der Waals surface area contributed by atoms with Crippen LogP contribution in [0.5, 0.6) is 5.75 Å². The van der Waals surface area contributed by atoms with E-state index >= 15 is 0 Å². The van der Waals surface area contributed by atoms with Crippen LogP contribution in [0.3, 0.4) is 0 Å². The molecule has 3 aromatic rings. The molecule has 0 radical (unpaired) electrons. The van der Waals surface area contributed by atoms with Crippen molar-refractivity contribution >= 4 is 27.5 Å². The molecular weight excluding hydrogens is 509 g/mol. The van der Waals surface area contributed by atoms with Crippen molar-refractivity contribution in [3.63, 3.8) is 0 Å². The summed E-state index contributed by atoms with van der Waals surface area (Å²) in [5, 5.41) is 2.49. The number of amides is 2. The number of carbonyl (C=O) groups is 2. The van der Waals surface area contributed by atoms with Crippen molar-refractivity contribution in [2.45, 2.75) is 38.3 Å². The lowest BCUT2D eigenvalue weighted by Gasteiger charge is -2.32. The van der Waals surface area contributed by atoms with Crippen LogP contribution >= 0.6 is 0 Å². The van der Waals surface area contributed by atoms with Crippen molar-refractivity contribution in [3.05, 3.63) is 89.7 Å². The van der Waals surface area contributed by atoms with E-state index in [1.807, 2.05) is 6.92 Å². The van der Waals surface area contributed by atoms with E-state index in [4.69, 9.17) is 4.74 Å². The lowest BCUT2D eigenvalue weighted by molar-refractivity contribution is -0.139. The Morgan fingerprint density at radius 1 is 1.00 bits per heavy atom. The van der Waals surface area contributed by atoms with Crippen molar-refractivity contribution in [2.24, 2.45) is 0 Å². The Morgan fingerprint density at radius 3 is 2.26 bits per heavy atom. The van der Waals surface area contributed by atoms with Gasteiger partial charge in [0.15, 0.2) is 0 Å². The van der Waals surface area contributed by atoms with Gasteiger partial charge in [0.25, 0.3) is 10.0 Å². The highest BCUT2D eigenvalue weighted by atomic mass is 32.2. The third-order valence-electron chi connectivity index (χ3n) is 6.03. The first kappa shape index (κ1) is 28.6. The van der Waals surface area contributed by atoms with Gasteiger partial charge in [0.1, 0.15) is 24.2 Å². The van der Waals surface area contributed by atoms with E-state index in [-0.39, 0.29) is 35.0 Å². The molecule has 0 saturated heterocycles. The maximum absolute atomic E-state index is 14.5. The summed E-state index contributed by atoms with van der Waals surface area (Å²) in [6.07, 6.45) is 0. The van der Waals surface area contributed by atoms with Gasteiger partial charge in [-0.3, -0.25) is 13.9 Å². The summed E-state index contributed by atoms with van der Waals surface area (Å²) in [5.41, 5.74) is 1.23. The summed E-state index contributed by atoms with van der Waals surface area (Å²) in [7, 11) is -2.81. The highest BCUT2D eigenvalue weighted by Gasteiger charge is 2.33. The maximum Gasteiger partial charge on any atom is 0.264 e. The van der Waals surface area contributed by atoms with E-state index in [2.05, 4.69) is 5.32 Å². The van der Waals surface area contributed by atoms with Crippen LogP contribution in [0.2, 0.25) is 0 Å². The third kappa shape index (κ3) is 6.49. The number of para-hydroxylation sites is 2. The highest BCUT2D eigenvalue weighted by Crippen LogP contribution is 2.33. The van der Waals surface area contributed by atoms with Gasteiger partial charge < -0.3 is 15.0 Å². The molecule has 0 fully saturated rings. The van der Waals surface area contributed by atoms with Crippen LogP contribution in [0, 0.1) is 12.7 Å². The molecule has 2 amide bonds. The first-order valence-electron chi connectivity index (χ1n) is 12.2. The number of likely N-dealkylation sites (N-methyl/N-ethyl adjacent to an activating group) is 1. The molecule has 1 atom stereocenters. The van der Waals surface area contributed by atoms with Crippen LogP contribution in [0.15, 0.2) is 77.7 Å². The van der Waals surface area contributed by atoms with Gasteiger partial charge in [-0.1, -0.05) is 48.0 Å². The second kappa shape index (κ2) is 12.6. The van der Waals surface area contributed by atoms with Gasteiger partial charge in [0.05, 0.1) is 17.2 Å². The molecule has 0 heterocycles. The lowest BCUT2D eigenvalue weighted by Crippen LogP contribution is -2.50. The number of rotatable bonds is 11. The number of ether oxygens (including phenoxy) is 1. The molecule has 38 heavy (non-hydrogen) atoms. The molecule has 202 valence electrons. The molecule has 3 aromatic carbocycles. The van der Waals surface area contributed by atoms with Crippen molar-refractivity contribution in [1.29, 1.82) is 0 Å². The molecule has 8 nitrogen and oxygen atoms in total. The Kier molecular flexibility index (Phi) is 9.46. The van der Waals surface area contributed by atoms with E-state index in [1.54, 1.807) is 49.4 Å². The van der Waals surface area contributed by atoms with Crippen LogP contribution < -0.4 is 14.4 Å². The normalized spacial score (nSPS) is 11.9. The molecule has 0 aliphatic heterocycles. The Labute approximate surface area is 223 Å². The zero-order valence-electron chi connectivity index (χ0n) is 21.8. The first-order chi connectivity index (χ1) is 18.1. The van der Waals surface area contributed by atoms with Gasteiger partial charge >= 0.3 is 0 Å². The molecule has 0 aliphatic rings. The van der Waals surface area contributed by atoms with Crippen molar-refractivity contribution in [3.8, 4) is 5.75 Å². The molecule has 0 spiro atoms. The molecule has 10 heteroatoms. The summed E-state index contributed by atoms with van der Waals surface area (Å²) in [6.45, 7) is 4.51.